The predicted molar refractivity (Wildman–Crippen MR) is 76.9 cm³/mol. The van der Waals surface area contributed by atoms with Crippen LogP contribution in [-0.4, -0.2) is 11.7 Å². The highest BCUT2D eigenvalue weighted by Crippen LogP contribution is 2.18. The second kappa shape index (κ2) is 6.14. The highest BCUT2D eigenvalue weighted by atomic mass is 32.1. The Kier molecular flexibility index (Phi) is 4.53. The van der Waals surface area contributed by atoms with Crippen molar-refractivity contribution in [3.05, 3.63) is 57.8 Å². The monoisotopic (exact) mass is 261 g/mol. The average Bonchev–Trinajstić information content (AvgIpc) is 2.89. The van der Waals surface area contributed by atoms with Gasteiger partial charge in [-0.3, -0.25) is 0 Å². The Hall–Kier alpha value is -1.16. The zero-order valence-electron chi connectivity index (χ0n) is 10.8. The lowest BCUT2D eigenvalue weighted by atomic mass is 10.1. The normalized spacial score (nSPS) is 14.4. The molecular formula is C15H19NOS. The number of aryl methyl sites for hydroxylation is 1. The topological polar surface area (TPSA) is 32.3 Å². The fourth-order valence-electron chi connectivity index (χ4n) is 1.92. The molecule has 3 heteroatoms. The maximum Gasteiger partial charge on any atom is 0.0914 e. The number of aliphatic hydroxyl groups excluding tert-OH is 1. The third-order valence-electron chi connectivity index (χ3n) is 3.09. The summed E-state index contributed by atoms with van der Waals surface area (Å²) in [6.45, 7) is 4.73. The summed E-state index contributed by atoms with van der Waals surface area (Å²) in [5, 5.41) is 17.7. The van der Waals surface area contributed by atoms with Crippen molar-refractivity contribution < 1.29 is 5.11 Å². The van der Waals surface area contributed by atoms with Gasteiger partial charge in [-0.25, -0.2) is 0 Å². The third-order valence-corrected chi connectivity index (χ3v) is 3.79. The summed E-state index contributed by atoms with van der Waals surface area (Å²) in [6.07, 6.45) is -0.453. The van der Waals surface area contributed by atoms with Gasteiger partial charge in [0.05, 0.1) is 6.10 Å². The molecule has 0 radical (unpaired) electrons. The Balaban J connectivity index is 1.90. The van der Waals surface area contributed by atoms with Gasteiger partial charge in [0.2, 0.25) is 0 Å². The maximum atomic E-state index is 10.1. The molecule has 2 aromatic rings. The van der Waals surface area contributed by atoms with Gasteiger partial charge in [-0.2, -0.15) is 11.3 Å². The highest BCUT2D eigenvalue weighted by molar-refractivity contribution is 7.07. The molecule has 0 bridgehead atoms. The lowest BCUT2D eigenvalue weighted by molar-refractivity contribution is 0.171. The largest absolute Gasteiger partial charge is 0.387 e. The molecule has 96 valence electrons. The fourth-order valence-corrected chi connectivity index (χ4v) is 2.68. The SMILES string of the molecule is Cc1cccc(C(O)CNC(C)c2ccsc2)c1. The maximum absolute atomic E-state index is 10.1. The van der Waals surface area contributed by atoms with Gasteiger partial charge in [0, 0.05) is 12.6 Å². The molecule has 1 heterocycles. The van der Waals surface area contributed by atoms with Crippen LogP contribution in [0.4, 0.5) is 0 Å². The molecule has 0 aliphatic carbocycles. The lowest BCUT2D eigenvalue weighted by Gasteiger charge is -2.17. The summed E-state index contributed by atoms with van der Waals surface area (Å²) in [5.41, 5.74) is 3.42. The molecule has 0 fully saturated rings. The molecule has 1 aromatic heterocycles. The molecule has 0 spiro atoms. The Morgan fingerprint density at radius 1 is 1.28 bits per heavy atom. The average molecular weight is 261 g/mol. The van der Waals surface area contributed by atoms with E-state index in [9.17, 15) is 5.11 Å². The standard InChI is InChI=1S/C15H19NOS/c1-11-4-3-5-13(8-11)15(17)9-16-12(2)14-6-7-18-10-14/h3-8,10,12,15-17H,9H2,1-2H3. The van der Waals surface area contributed by atoms with Crippen molar-refractivity contribution in [3.8, 4) is 0 Å². The molecular weight excluding hydrogens is 242 g/mol. The van der Waals surface area contributed by atoms with E-state index in [-0.39, 0.29) is 6.04 Å². The number of hydrogen-bond acceptors (Lipinski definition) is 3. The molecule has 0 aliphatic rings. The van der Waals surface area contributed by atoms with E-state index in [1.165, 1.54) is 11.1 Å². The van der Waals surface area contributed by atoms with E-state index in [1.54, 1.807) is 11.3 Å². The fraction of sp³-hybridized carbons (Fsp3) is 0.333. The van der Waals surface area contributed by atoms with Gasteiger partial charge >= 0.3 is 0 Å². The molecule has 18 heavy (non-hydrogen) atoms. The highest BCUT2D eigenvalue weighted by Gasteiger charge is 2.10. The summed E-state index contributed by atoms with van der Waals surface area (Å²) in [4.78, 5) is 0. The van der Waals surface area contributed by atoms with Crippen molar-refractivity contribution in [2.24, 2.45) is 0 Å². The zero-order chi connectivity index (χ0) is 13.0. The molecule has 2 unspecified atom stereocenters. The van der Waals surface area contributed by atoms with Gasteiger partial charge in [0.15, 0.2) is 0 Å². The first-order chi connectivity index (χ1) is 8.66. The van der Waals surface area contributed by atoms with Gasteiger partial charge in [-0.1, -0.05) is 29.8 Å². The van der Waals surface area contributed by atoms with Crippen LogP contribution < -0.4 is 5.32 Å². The molecule has 0 saturated heterocycles. The van der Waals surface area contributed by atoms with Crippen molar-refractivity contribution >= 4 is 11.3 Å². The molecule has 1 aromatic carbocycles. The van der Waals surface area contributed by atoms with E-state index in [2.05, 4.69) is 29.1 Å². The van der Waals surface area contributed by atoms with Crippen molar-refractivity contribution in [2.45, 2.75) is 26.0 Å². The second-order valence-corrected chi connectivity index (χ2v) is 5.40. The van der Waals surface area contributed by atoms with Crippen LogP contribution in [0.15, 0.2) is 41.1 Å². The van der Waals surface area contributed by atoms with E-state index < -0.39 is 6.10 Å². The minimum atomic E-state index is -0.453. The zero-order valence-corrected chi connectivity index (χ0v) is 11.6. The van der Waals surface area contributed by atoms with E-state index in [1.807, 2.05) is 31.2 Å². The quantitative estimate of drug-likeness (QED) is 0.864. The number of hydrogen-bond donors (Lipinski definition) is 2. The first-order valence-corrected chi connectivity index (χ1v) is 7.11. The first-order valence-electron chi connectivity index (χ1n) is 6.17. The molecule has 2 nitrogen and oxygen atoms in total. The van der Waals surface area contributed by atoms with Crippen LogP contribution >= 0.6 is 11.3 Å². The van der Waals surface area contributed by atoms with Gasteiger partial charge in [-0.05, 0) is 41.8 Å². The molecule has 0 saturated carbocycles. The minimum absolute atomic E-state index is 0.274. The van der Waals surface area contributed by atoms with Gasteiger partial charge < -0.3 is 10.4 Å². The Labute approximate surface area is 112 Å². The number of aliphatic hydroxyl groups is 1. The smallest absolute Gasteiger partial charge is 0.0914 e. The van der Waals surface area contributed by atoms with Crippen molar-refractivity contribution in [2.75, 3.05) is 6.54 Å². The number of benzene rings is 1. The first kappa shape index (κ1) is 13.3. The van der Waals surface area contributed by atoms with E-state index in [4.69, 9.17) is 0 Å². The van der Waals surface area contributed by atoms with Crippen LogP contribution in [0.25, 0.3) is 0 Å². The van der Waals surface area contributed by atoms with Crippen molar-refractivity contribution in [1.29, 1.82) is 0 Å². The second-order valence-electron chi connectivity index (χ2n) is 4.62. The number of nitrogens with one attached hydrogen (secondary N) is 1. The molecule has 0 amide bonds. The van der Waals surface area contributed by atoms with Crippen LogP contribution in [0.5, 0.6) is 0 Å². The third kappa shape index (κ3) is 3.42. The van der Waals surface area contributed by atoms with Crippen LogP contribution in [0.3, 0.4) is 0 Å². The molecule has 2 N–H and O–H groups in total. The van der Waals surface area contributed by atoms with Crippen LogP contribution in [0.1, 0.15) is 35.8 Å². The summed E-state index contributed by atoms with van der Waals surface area (Å²) in [5.74, 6) is 0. The van der Waals surface area contributed by atoms with E-state index in [0.717, 1.165) is 5.56 Å². The van der Waals surface area contributed by atoms with Crippen molar-refractivity contribution in [3.63, 3.8) is 0 Å². The number of rotatable bonds is 5. The lowest BCUT2D eigenvalue weighted by Crippen LogP contribution is -2.24. The molecule has 2 atom stereocenters. The van der Waals surface area contributed by atoms with Crippen LogP contribution in [-0.2, 0) is 0 Å². The van der Waals surface area contributed by atoms with E-state index >= 15 is 0 Å². The Morgan fingerprint density at radius 3 is 2.78 bits per heavy atom. The van der Waals surface area contributed by atoms with Crippen LogP contribution in [0, 0.1) is 6.92 Å². The van der Waals surface area contributed by atoms with Gasteiger partial charge in [-0.15, -0.1) is 0 Å². The van der Waals surface area contributed by atoms with Crippen molar-refractivity contribution in [1.82, 2.24) is 5.32 Å². The Bertz CT molecular complexity index is 481. The predicted octanol–water partition coefficient (Wildman–Crippen LogP) is 3.44. The van der Waals surface area contributed by atoms with Gasteiger partial charge in [0.1, 0.15) is 0 Å². The van der Waals surface area contributed by atoms with Gasteiger partial charge in [0.25, 0.3) is 0 Å². The molecule has 2 rings (SSSR count). The number of thiophene rings is 1. The summed E-state index contributed by atoms with van der Waals surface area (Å²) < 4.78 is 0. The summed E-state index contributed by atoms with van der Waals surface area (Å²) in [7, 11) is 0. The summed E-state index contributed by atoms with van der Waals surface area (Å²) in [6, 6.07) is 10.4. The van der Waals surface area contributed by atoms with Crippen LogP contribution in [0.2, 0.25) is 0 Å². The Morgan fingerprint density at radius 2 is 2.11 bits per heavy atom. The minimum Gasteiger partial charge on any atom is -0.387 e. The molecule has 0 aliphatic heterocycles. The van der Waals surface area contributed by atoms with E-state index in [0.29, 0.717) is 6.54 Å². The summed E-state index contributed by atoms with van der Waals surface area (Å²) >= 11 is 1.70.